The van der Waals surface area contributed by atoms with Gasteiger partial charge in [-0.05, 0) is 56.1 Å². The Bertz CT molecular complexity index is 702. The average molecular weight is 464 g/mol. The predicted octanol–water partition coefficient (Wildman–Crippen LogP) is 6.20. The summed E-state index contributed by atoms with van der Waals surface area (Å²) in [6.07, 6.45) is -4.48. The molecular formula is C12H5Br2ClF3NOS. The Kier molecular flexibility index (Phi) is 5.02. The van der Waals surface area contributed by atoms with Gasteiger partial charge in [-0.15, -0.1) is 11.3 Å². The Morgan fingerprint density at radius 2 is 1.90 bits per heavy atom. The van der Waals surface area contributed by atoms with E-state index in [4.69, 9.17) is 11.6 Å². The van der Waals surface area contributed by atoms with E-state index in [0.29, 0.717) is 9.35 Å². The number of hydrogen-bond acceptors (Lipinski definition) is 2. The highest BCUT2D eigenvalue weighted by Gasteiger charge is 2.31. The molecule has 2 rings (SSSR count). The molecule has 21 heavy (non-hydrogen) atoms. The molecule has 0 aliphatic rings. The van der Waals surface area contributed by atoms with Gasteiger partial charge in [0.2, 0.25) is 0 Å². The maximum Gasteiger partial charge on any atom is 0.416 e. The first-order valence-corrected chi connectivity index (χ1v) is 8.09. The predicted molar refractivity (Wildman–Crippen MR) is 84.1 cm³/mol. The number of halogens is 6. The van der Waals surface area contributed by atoms with Crippen LogP contribution in [-0.2, 0) is 6.18 Å². The van der Waals surface area contributed by atoms with Crippen LogP contribution in [0.1, 0.15) is 15.9 Å². The molecular weight excluding hydrogens is 458 g/mol. The van der Waals surface area contributed by atoms with E-state index in [1.165, 1.54) is 11.3 Å². The third kappa shape index (κ3) is 4.00. The summed E-state index contributed by atoms with van der Waals surface area (Å²) in [7, 11) is 0. The van der Waals surface area contributed by atoms with Crippen molar-refractivity contribution in [3.8, 4) is 0 Å². The molecule has 0 aliphatic carbocycles. The second kappa shape index (κ2) is 6.28. The van der Waals surface area contributed by atoms with E-state index in [1.807, 2.05) is 0 Å². The van der Waals surface area contributed by atoms with E-state index in [0.717, 1.165) is 22.0 Å². The number of amides is 1. The zero-order chi connectivity index (χ0) is 15.8. The molecule has 0 saturated heterocycles. The zero-order valence-electron chi connectivity index (χ0n) is 9.89. The molecule has 0 atom stereocenters. The Labute approximate surface area is 143 Å². The van der Waals surface area contributed by atoms with Crippen LogP contribution in [0.4, 0.5) is 18.9 Å². The van der Waals surface area contributed by atoms with Gasteiger partial charge in [0.1, 0.15) is 0 Å². The van der Waals surface area contributed by atoms with Crippen LogP contribution in [0.25, 0.3) is 0 Å². The molecule has 1 heterocycles. The molecule has 0 spiro atoms. The minimum absolute atomic E-state index is 0.115. The lowest BCUT2D eigenvalue weighted by Crippen LogP contribution is -2.12. The summed E-state index contributed by atoms with van der Waals surface area (Å²) in [5.74, 6) is -0.467. The average Bonchev–Trinajstić information content (AvgIpc) is 2.69. The van der Waals surface area contributed by atoms with Crippen molar-refractivity contribution < 1.29 is 18.0 Å². The van der Waals surface area contributed by atoms with Crippen LogP contribution in [-0.4, -0.2) is 5.91 Å². The molecule has 0 bridgehead atoms. The maximum atomic E-state index is 12.5. The molecule has 1 N–H and O–H groups in total. The van der Waals surface area contributed by atoms with Crippen molar-refractivity contribution in [2.75, 3.05) is 5.32 Å². The van der Waals surface area contributed by atoms with E-state index < -0.39 is 17.6 Å². The molecule has 0 unspecified atom stereocenters. The second-order valence-corrected chi connectivity index (χ2v) is 8.04. The van der Waals surface area contributed by atoms with E-state index >= 15 is 0 Å². The van der Waals surface area contributed by atoms with Gasteiger partial charge in [-0.25, -0.2) is 0 Å². The van der Waals surface area contributed by atoms with E-state index in [1.54, 1.807) is 6.07 Å². The lowest BCUT2D eigenvalue weighted by atomic mass is 10.2. The topological polar surface area (TPSA) is 29.1 Å². The van der Waals surface area contributed by atoms with Crippen molar-refractivity contribution in [2.45, 2.75) is 6.18 Å². The molecule has 2 nitrogen and oxygen atoms in total. The van der Waals surface area contributed by atoms with Gasteiger partial charge in [0, 0.05) is 0 Å². The van der Waals surface area contributed by atoms with E-state index in [2.05, 4.69) is 37.2 Å². The molecule has 1 aromatic carbocycles. The van der Waals surface area contributed by atoms with E-state index in [9.17, 15) is 18.0 Å². The number of carbonyl (C=O) groups excluding carboxylic acids is 1. The Hall–Kier alpha value is -0.570. The van der Waals surface area contributed by atoms with Crippen LogP contribution in [0.2, 0.25) is 5.02 Å². The number of benzene rings is 1. The monoisotopic (exact) mass is 461 g/mol. The zero-order valence-corrected chi connectivity index (χ0v) is 14.6. The molecule has 1 amide bonds. The number of thiophene rings is 1. The maximum absolute atomic E-state index is 12.5. The van der Waals surface area contributed by atoms with Crippen LogP contribution < -0.4 is 5.32 Å². The van der Waals surface area contributed by atoms with Crippen LogP contribution in [0.3, 0.4) is 0 Å². The van der Waals surface area contributed by atoms with Crippen molar-refractivity contribution >= 4 is 66.4 Å². The van der Waals surface area contributed by atoms with Gasteiger partial charge < -0.3 is 5.32 Å². The normalized spacial score (nSPS) is 11.5. The number of rotatable bonds is 2. The SMILES string of the molecule is O=C(Nc1ccc(C(F)(F)F)cc1Cl)c1cc(Br)sc1Br. The highest BCUT2D eigenvalue weighted by Crippen LogP contribution is 2.35. The summed E-state index contributed by atoms with van der Waals surface area (Å²) in [6.45, 7) is 0. The highest BCUT2D eigenvalue weighted by molar-refractivity contribution is 9.12. The minimum atomic E-state index is -4.48. The first-order chi connectivity index (χ1) is 9.68. The molecule has 0 aliphatic heterocycles. The number of nitrogens with one attached hydrogen (secondary N) is 1. The Morgan fingerprint density at radius 3 is 2.38 bits per heavy atom. The van der Waals surface area contributed by atoms with Crippen molar-refractivity contribution in [1.29, 1.82) is 0 Å². The fourth-order valence-corrected chi connectivity index (χ4v) is 4.50. The standard InChI is InChI=1S/C12H5Br2ClF3NOS/c13-9-4-6(10(14)21-9)11(20)19-8-2-1-5(3-7(8)15)12(16,17)18/h1-4H,(H,19,20). The lowest BCUT2D eigenvalue weighted by molar-refractivity contribution is -0.137. The molecule has 9 heteroatoms. The molecule has 1 aromatic heterocycles. The summed E-state index contributed by atoms with van der Waals surface area (Å²) in [4.78, 5) is 12.0. The van der Waals surface area contributed by atoms with Crippen LogP contribution >= 0.6 is 54.8 Å². The second-order valence-electron chi connectivity index (χ2n) is 3.88. The third-order valence-corrected chi connectivity index (χ3v) is 5.10. The van der Waals surface area contributed by atoms with Crippen molar-refractivity contribution in [2.24, 2.45) is 0 Å². The van der Waals surface area contributed by atoms with Gasteiger partial charge in [-0.2, -0.15) is 13.2 Å². The molecule has 0 radical (unpaired) electrons. The highest BCUT2D eigenvalue weighted by atomic mass is 79.9. The van der Waals surface area contributed by atoms with Gasteiger partial charge in [0.05, 0.1) is 29.4 Å². The first-order valence-electron chi connectivity index (χ1n) is 5.31. The summed E-state index contributed by atoms with van der Waals surface area (Å²) >= 11 is 13.6. The summed E-state index contributed by atoms with van der Waals surface area (Å²) < 4.78 is 38.9. The Morgan fingerprint density at radius 1 is 1.24 bits per heavy atom. The summed E-state index contributed by atoms with van der Waals surface area (Å²) in [5.41, 5.74) is -0.392. The number of anilines is 1. The van der Waals surface area contributed by atoms with Gasteiger partial charge in [0.15, 0.2) is 0 Å². The summed E-state index contributed by atoms with van der Waals surface area (Å²) in [6, 6.07) is 4.36. The van der Waals surface area contributed by atoms with Crippen LogP contribution in [0.15, 0.2) is 31.8 Å². The van der Waals surface area contributed by atoms with Crippen molar-refractivity contribution in [3.63, 3.8) is 0 Å². The largest absolute Gasteiger partial charge is 0.416 e. The number of carbonyl (C=O) groups is 1. The van der Waals surface area contributed by atoms with Gasteiger partial charge in [-0.3, -0.25) is 4.79 Å². The molecule has 112 valence electrons. The molecule has 0 fully saturated rings. The van der Waals surface area contributed by atoms with Gasteiger partial charge in [-0.1, -0.05) is 11.6 Å². The van der Waals surface area contributed by atoms with Crippen molar-refractivity contribution in [1.82, 2.24) is 0 Å². The van der Waals surface area contributed by atoms with Gasteiger partial charge >= 0.3 is 6.18 Å². The third-order valence-electron chi connectivity index (χ3n) is 2.45. The summed E-state index contributed by atoms with van der Waals surface area (Å²) in [5, 5.41) is 2.30. The van der Waals surface area contributed by atoms with Crippen molar-refractivity contribution in [3.05, 3.63) is 48.0 Å². The van der Waals surface area contributed by atoms with Crippen LogP contribution in [0.5, 0.6) is 0 Å². The minimum Gasteiger partial charge on any atom is -0.321 e. The lowest BCUT2D eigenvalue weighted by Gasteiger charge is -2.10. The molecule has 2 aromatic rings. The fourth-order valence-electron chi connectivity index (χ4n) is 1.48. The molecule has 0 saturated carbocycles. The fraction of sp³-hybridized carbons (Fsp3) is 0.0833. The van der Waals surface area contributed by atoms with E-state index in [-0.39, 0.29) is 10.7 Å². The van der Waals surface area contributed by atoms with Gasteiger partial charge in [0.25, 0.3) is 5.91 Å². The first kappa shape index (κ1) is 16.8. The van der Waals surface area contributed by atoms with Crippen LogP contribution in [0, 0.1) is 0 Å². The number of alkyl halides is 3. The quantitative estimate of drug-likeness (QED) is 0.565. The Balaban J connectivity index is 2.24. The smallest absolute Gasteiger partial charge is 0.321 e. The number of hydrogen-bond donors (Lipinski definition) is 1.